The van der Waals surface area contributed by atoms with Crippen LogP contribution in [-0.2, 0) is 11.3 Å². The zero-order chi connectivity index (χ0) is 37.4. The molecule has 0 saturated carbocycles. The molecule has 54 heavy (non-hydrogen) atoms. The second kappa shape index (κ2) is 17.5. The highest BCUT2D eigenvalue weighted by atomic mass is 127. The number of halogens is 1. The number of benzene rings is 2. The maximum absolute atomic E-state index is 5.42. The molecule has 0 spiro atoms. The number of fused-ring (bicyclic) bond motifs is 2. The van der Waals surface area contributed by atoms with E-state index >= 15 is 0 Å². The average Bonchev–Trinajstić information content (AvgIpc) is 3.81. The van der Waals surface area contributed by atoms with E-state index in [1.54, 1.807) is 45.1 Å². The summed E-state index contributed by atoms with van der Waals surface area (Å²) >= 11 is 5.52. The van der Waals surface area contributed by atoms with Crippen molar-refractivity contribution >= 4 is 89.0 Å². The maximum atomic E-state index is 5.42. The molecule has 5 aromatic heterocycles. The summed E-state index contributed by atoms with van der Waals surface area (Å²) < 4.78 is 29.7. The molecule has 1 aliphatic heterocycles. The van der Waals surface area contributed by atoms with Crippen molar-refractivity contribution in [3.63, 3.8) is 0 Å². The molecule has 0 aliphatic carbocycles. The van der Waals surface area contributed by atoms with E-state index < -0.39 is 0 Å². The molecular weight excluding hydrogens is 842 g/mol. The van der Waals surface area contributed by atoms with Crippen LogP contribution >= 0.6 is 45.3 Å². The van der Waals surface area contributed by atoms with Gasteiger partial charge in [-0.15, -0.1) is 22.7 Å². The molecular formula is C37H36IN9O5S2. The Morgan fingerprint density at radius 2 is 1.37 bits per heavy atom. The highest BCUT2D eigenvalue weighted by Crippen LogP contribution is 2.38. The fourth-order valence-corrected chi connectivity index (χ4v) is 8.17. The zero-order valence-corrected chi connectivity index (χ0v) is 33.6. The van der Waals surface area contributed by atoms with Gasteiger partial charge in [-0.1, -0.05) is 12.1 Å². The first-order valence-corrected chi connectivity index (χ1v) is 19.5. The van der Waals surface area contributed by atoms with Crippen LogP contribution < -0.4 is 29.6 Å². The second-order valence-corrected chi connectivity index (χ2v) is 14.7. The van der Waals surface area contributed by atoms with Gasteiger partial charge in [0.1, 0.15) is 0 Å². The third-order valence-corrected chi connectivity index (χ3v) is 11.4. The van der Waals surface area contributed by atoms with E-state index in [1.807, 2.05) is 29.8 Å². The molecule has 0 radical (unpaired) electrons. The largest absolute Gasteiger partial charge is 0.493 e. The lowest BCUT2D eigenvalue weighted by Gasteiger charge is -2.26. The number of thiophene rings is 2. The van der Waals surface area contributed by atoms with Crippen LogP contribution in [0.4, 0.5) is 23.3 Å². The van der Waals surface area contributed by atoms with E-state index in [2.05, 4.69) is 92.7 Å². The van der Waals surface area contributed by atoms with Crippen LogP contribution in [0.3, 0.4) is 0 Å². The van der Waals surface area contributed by atoms with Crippen LogP contribution in [0.1, 0.15) is 5.56 Å². The Labute approximate surface area is 333 Å². The van der Waals surface area contributed by atoms with E-state index in [0.717, 1.165) is 75.8 Å². The van der Waals surface area contributed by atoms with Crippen molar-refractivity contribution in [2.45, 2.75) is 6.54 Å². The number of morpholine rings is 1. The molecule has 14 nitrogen and oxygen atoms in total. The van der Waals surface area contributed by atoms with E-state index in [4.69, 9.17) is 28.7 Å². The van der Waals surface area contributed by atoms with Gasteiger partial charge in [-0.25, -0.2) is 24.9 Å². The normalized spacial score (nSPS) is 12.9. The SMILES string of the molecule is COc1ncc(-c2csc3cnc(Nc4ccc(OC)c(OC)c4)nc23)c(OC)n1.Ic1csc2cnc(Nc3ccc(CN4CCOCC4)cc3)nc12. The first-order valence-electron chi connectivity index (χ1n) is 16.7. The zero-order valence-electron chi connectivity index (χ0n) is 29.8. The van der Waals surface area contributed by atoms with Gasteiger partial charge < -0.3 is 34.3 Å². The first kappa shape index (κ1) is 37.4. The van der Waals surface area contributed by atoms with Crippen LogP contribution in [-0.4, -0.2) is 89.5 Å². The Morgan fingerprint density at radius 1 is 0.704 bits per heavy atom. The molecule has 8 rings (SSSR count). The second-order valence-electron chi connectivity index (χ2n) is 11.7. The number of rotatable bonds is 11. The van der Waals surface area contributed by atoms with Gasteiger partial charge in [-0.2, -0.15) is 4.98 Å². The monoisotopic (exact) mass is 877 g/mol. The fraction of sp³-hybridized carbons (Fsp3) is 0.243. The number of ether oxygens (including phenoxy) is 5. The number of hydrogen-bond acceptors (Lipinski definition) is 16. The van der Waals surface area contributed by atoms with Gasteiger partial charge in [0.25, 0.3) is 0 Å². The minimum atomic E-state index is 0.237. The third kappa shape index (κ3) is 8.71. The minimum Gasteiger partial charge on any atom is -0.493 e. The number of anilines is 4. The summed E-state index contributed by atoms with van der Waals surface area (Å²) in [4.78, 5) is 29.0. The van der Waals surface area contributed by atoms with Crippen LogP contribution in [0.2, 0.25) is 0 Å². The number of nitrogens with zero attached hydrogens (tertiary/aromatic N) is 7. The highest BCUT2D eigenvalue weighted by Gasteiger charge is 2.17. The van der Waals surface area contributed by atoms with Crippen molar-refractivity contribution in [1.82, 2.24) is 34.8 Å². The van der Waals surface area contributed by atoms with Crippen LogP contribution in [0, 0.1) is 3.57 Å². The Bertz CT molecular complexity index is 2350. The molecule has 1 saturated heterocycles. The summed E-state index contributed by atoms with van der Waals surface area (Å²) in [5.41, 5.74) is 6.45. The smallest absolute Gasteiger partial charge is 0.319 e. The summed E-state index contributed by atoms with van der Waals surface area (Å²) in [5.74, 6) is 2.75. The van der Waals surface area contributed by atoms with Gasteiger partial charge in [0, 0.05) is 59.6 Å². The quantitative estimate of drug-likeness (QED) is 0.122. The molecule has 0 bridgehead atoms. The van der Waals surface area contributed by atoms with Crippen molar-refractivity contribution < 1.29 is 23.7 Å². The van der Waals surface area contributed by atoms with Crippen LogP contribution in [0.25, 0.3) is 31.6 Å². The Morgan fingerprint density at radius 3 is 2.07 bits per heavy atom. The minimum absolute atomic E-state index is 0.237. The summed E-state index contributed by atoms with van der Waals surface area (Å²) in [6, 6.07) is 14.2. The predicted octanol–water partition coefficient (Wildman–Crippen LogP) is 7.80. The summed E-state index contributed by atoms with van der Waals surface area (Å²) in [5, 5.41) is 10.6. The lowest BCUT2D eigenvalue weighted by Crippen LogP contribution is -2.35. The molecule has 0 atom stereocenters. The molecule has 7 aromatic rings. The lowest BCUT2D eigenvalue weighted by molar-refractivity contribution is 0.0342. The van der Waals surface area contributed by atoms with Crippen LogP contribution in [0.15, 0.2) is 71.8 Å². The van der Waals surface area contributed by atoms with Crippen molar-refractivity contribution in [3.8, 4) is 34.5 Å². The molecule has 1 aliphatic rings. The van der Waals surface area contributed by atoms with Crippen molar-refractivity contribution in [1.29, 1.82) is 0 Å². The topological polar surface area (TPSA) is 151 Å². The van der Waals surface area contributed by atoms with Gasteiger partial charge in [0.2, 0.25) is 17.8 Å². The van der Waals surface area contributed by atoms with Gasteiger partial charge in [0.05, 0.1) is 83.6 Å². The number of methoxy groups -OCH3 is 4. The van der Waals surface area contributed by atoms with Crippen molar-refractivity contribution in [3.05, 3.63) is 80.9 Å². The number of aromatic nitrogens is 6. The molecule has 0 amide bonds. The molecule has 2 aromatic carbocycles. The predicted molar refractivity (Wildman–Crippen MR) is 220 cm³/mol. The standard InChI is InChI=1S/C20H19N5O4S.C17H17IN4OS/c1-26-14-6-5-11(7-15(14)27-2)23-19-21-9-16-17(24-19)13(10-30-16)12-8-22-20(29-4)25-18(12)28-3;18-14-11-24-15-9-19-17(21-16(14)15)20-13-3-1-12(2-4-13)10-22-5-7-23-8-6-22/h5-10H,1-4H3,(H,21,23,24);1-4,9,11H,5-8,10H2,(H,19,20,21). The van der Waals surface area contributed by atoms with E-state index in [9.17, 15) is 0 Å². The fourth-order valence-electron chi connectivity index (χ4n) is 5.61. The summed E-state index contributed by atoms with van der Waals surface area (Å²) in [6.45, 7) is 4.65. The van der Waals surface area contributed by atoms with Crippen molar-refractivity contribution in [2.75, 3.05) is 65.4 Å². The van der Waals surface area contributed by atoms with Crippen molar-refractivity contribution in [2.24, 2.45) is 0 Å². The van der Waals surface area contributed by atoms with E-state index in [1.165, 1.54) is 27.6 Å². The van der Waals surface area contributed by atoms with Gasteiger partial charge >= 0.3 is 6.01 Å². The van der Waals surface area contributed by atoms with E-state index in [0.29, 0.717) is 29.3 Å². The summed E-state index contributed by atoms with van der Waals surface area (Å²) in [6.07, 6.45) is 5.32. The lowest BCUT2D eigenvalue weighted by atomic mass is 10.1. The van der Waals surface area contributed by atoms with Crippen LogP contribution in [0.5, 0.6) is 23.4 Å². The molecule has 1 fully saturated rings. The Balaban J connectivity index is 0.000000171. The van der Waals surface area contributed by atoms with E-state index in [-0.39, 0.29) is 6.01 Å². The van der Waals surface area contributed by atoms with Gasteiger partial charge in [0.15, 0.2) is 11.5 Å². The molecule has 17 heteroatoms. The van der Waals surface area contributed by atoms with Gasteiger partial charge in [-0.05, 0) is 52.4 Å². The third-order valence-electron chi connectivity index (χ3n) is 8.34. The average molecular weight is 878 g/mol. The number of hydrogen-bond donors (Lipinski definition) is 2. The first-order chi connectivity index (χ1) is 26.4. The Kier molecular flexibility index (Phi) is 12.1. The van der Waals surface area contributed by atoms with Gasteiger partial charge in [-0.3, -0.25) is 4.90 Å². The Hall–Kier alpha value is -4.95. The maximum Gasteiger partial charge on any atom is 0.319 e. The highest BCUT2D eigenvalue weighted by molar-refractivity contribution is 14.1. The molecule has 2 N–H and O–H groups in total. The number of nitrogens with one attached hydrogen (secondary N) is 2. The molecule has 6 heterocycles. The molecule has 278 valence electrons. The molecule has 0 unspecified atom stereocenters. The summed E-state index contributed by atoms with van der Waals surface area (Å²) in [7, 11) is 6.25.